The summed E-state index contributed by atoms with van der Waals surface area (Å²) in [4.78, 5) is 0. The summed E-state index contributed by atoms with van der Waals surface area (Å²) in [7, 11) is 0. The van der Waals surface area contributed by atoms with E-state index in [1.54, 1.807) is 6.92 Å². The predicted octanol–water partition coefficient (Wildman–Crippen LogP) is 1.65. The van der Waals surface area contributed by atoms with Gasteiger partial charge in [0.15, 0.2) is 0 Å². The van der Waals surface area contributed by atoms with E-state index in [2.05, 4.69) is 0 Å². The van der Waals surface area contributed by atoms with Crippen LogP contribution in [0.2, 0.25) is 0 Å². The van der Waals surface area contributed by atoms with Gasteiger partial charge in [-0.2, -0.15) is 0 Å². The molecular formula is C7H12FNO. The third kappa shape index (κ3) is 2.27. The van der Waals surface area contributed by atoms with Crippen LogP contribution < -0.4 is 0 Å². The van der Waals surface area contributed by atoms with Gasteiger partial charge in [-0.25, -0.2) is 4.39 Å². The van der Waals surface area contributed by atoms with Crippen molar-refractivity contribution in [3.63, 3.8) is 0 Å². The lowest BCUT2D eigenvalue weighted by atomic mass is 10.1. The number of allylic oxidation sites excluding steroid dienone is 1. The third-order valence-electron chi connectivity index (χ3n) is 1.29. The Balaban J connectivity index is 4.37. The fraction of sp³-hybridized carbons (Fsp3) is 0.571. The zero-order valence-electron chi connectivity index (χ0n) is 6.24. The summed E-state index contributed by atoms with van der Waals surface area (Å²) in [5.74, 6) is -0.464. The summed E-state index contributed by atoms with van der Waals surface area (Å²) in [6.07, 6.45) is 0.456. The number of hydrogen-bond donors (Lipinski definition) is 2. The van der Waals surface area contributed by atoms with Gasteiger partial charge in [0.1, 0.15) is 5.83 Å². The quantitative estimate of drug-likeness (QED) is 0.583. The second-order valence-electron chi connectivity index (χ2n) is 2.00. The monoisotopic (exact) mass is 145 g/mol. The molecule has 3 heteroatoms. The molecular weight excluding hydrogens is 133 g/mol. The molecule has 0 aromatic rings. The fourth-order valence-corrected chi connectivity index (χ4v) is 0.626. The van der Waals surface area contributed by atoms with Gasteiger partial charge in [0.05, 0.1) is 6.61 Å². The second kappa shape index (κ2) is 4.17. The maximum absolute atomic E-state index is 12.4. The van der Waals surface area contributed by atoms with Crippen LogP contribution in [0.25, 0.3) is 0 Å². The van der Waals surface area contributed by atoms with Gasteiger partial charge in [-0.15, -0.1) is 0 Å². The van der Waals surface area contributed by atoms with E-state index in [-0.39, 0.29) is 17.9 Å². The van der Waals surface area contributed by atoms with Gasteiger partial charge >= 0.3 is 0 Å². The van der Waals surface area contributed by atoms with Crippen LogP contribution in [-0.2, 0) is 0 Å². The topological polar surface area (TPSA) is 44.1 Å². The van der Waals surface area contributed by atoms with Crippen molar-refractivity contribution in [1.82, 2.24) is 0 Å². The van der Waals surface area contributed by atoms with E-state index < -0.39 is 5.83 Å². The third-order valence-corrected chi connectivity index (χ3v) is 1.29. The van der Waals surface area contributed by atoms with E-state index >= 15 is 0 Å². The highest BCUT2D eigenvalue weighted by molar-refractivity contribution is 5.97. The molecule has 0 amide bonds. The molecule has 0 atom stereocenters. The maximum atomic E-state index is 12.4. The van der Waals surface area contributed by atoms with E-state index in [9.17, 15) is 4.39 Å². The Bertz CT molecular complexity index is 159. The number of rotatable bonds is 3. The van der Waals surface area contributed by atoms with Gasteiger partial charge in [-0.3, -0.25) is 0 Å². The molecule has 0 fully saturated rings. The number of hydrogen-bond acceptors (Lipinski definition) is 2. The van der Waals surface area contributed by atoms with Crippen molar-refractivity contribution in [3.8, 4) is 0 Å². The van der Waals surface area contributed by atoms with Crippen molar-refractivity contribution < 1.29 is 9.50 Å². The van der Waals surface area contributed by atoms with Crippen molar-refractivity contribution in [2.45, 2.75) is 20.3 Å². The van der Waals surface area contributed by atoms with Crippen LogP contribution in [0.4, 0.5) is 4.39 Å². The summed E-state index contributed by atoms with van der Waals surface area (Å²) in [6, 6.07) is 0. The summed E-state index contributed by atoms with van der Waals surface area (Å²) < 4.78 is 12.4. The van der Waals surface area contributed by atoms with Gasteiger partial charge in [0.25, 0.3) is 0 Å². The number of aliphatic hydroxyl groups excluding tert-OH is 1. The first-order valence-corrected chi connectivity index (χ1v) is 3.17. The van der Waals surface area contributed by atoms with E-state index in [1.165, 1.54) is 6.92 Å². The first kappa shape index (κ1) is 9.30. The first-order chi connectivity index (χ1) is 4.63. The molecule has 0 heterocycles. The zero-order chi connectivity index (χ0) is 8.15. The van der Waals surface area contributed by atoms with Crippen molar-refractivity contribution in [1.29, 1.82) is 5.41 Å². The Kier molecular flexibility index (Phi) is 3.88. The molecule has 0 saturated heterocycles. The average Bonchev–Trinajstić information content (AvgIpc) is 1.88. The zero-order valence-corrected chi connectivity index (χ0v) is 6.24. The van der Waals surface area contributed by atoms with Gasteiger partial charge < -0.3 is 10.5 Å². The summed E-state index contributed by atoms with van der Waals surface area (Å²) in [5.41, 5.74) is 0.282. The molecule has 10 heavy (non-hydrogen) atoms. The number of nitrogens with one attached hydrogen (secondary N) is 1. The molecule has 0 unspecified atom stereocenters. The molecule has 0 bridgehead atoms. The Morgan fingerprint density at radius 3 is 2.20 bits per heavy atom. The predicted molar refractivity (Wildman–Crippen MR) is 38.9 cm³/mol. The normalized spacial score (nSPS) is 12.8. The first-order valence-electron chi connectivity index (χ1n) is 3.17. The Morgan fingerprint density at radius 2 is 2.10 bits per heavy atom. The van der Waals surface area contributed by atoms with E-state index in [1.807, 2.05) is 0 Å². The molecule has 0 aromatic heterocycles. The van der Waals surface area contributed by atoms with Gasteiger partial charge in [0.2, 0.25) is 0 Å². The number of aliphatic hydroxyl groups is 1. The van der Waals surface area contributed by atoms with E-state index in [0.717, 1.165) is 0 Å². The van der Waals surface area contributed by atoms with Crippen molar-refractivity contribution in [2.24, 2.45) is 0 Å². The molecule has 0 aromatic carbocycles. The SMILES string of the molecule is CCC(=N)/C(CO)=C(\C)F. The van der Waals surface area contributed by atoms with E-state index in [4.69, 9.17) is 10.5 Å². The van der Waals surface area contributed by atoms with Crippen molar-refractivity contribution in [3.05, 3.63) is 11.4 Å². The second-order valence-corrected chi connectivity index (χ2v) is 2.00. The van der Waals surface area contributed by atoms with Crippen LogP contribution in [0.3, 0.4) is 0 Å². The van der Waals surface area contributed by atoms with Crippen LogP contribution >= 0.6 is 0 Å². The van der Waals surface area contributed by atoms with Crippen LogP contribution in [0.15, 0.2) is 11.4 Å². The van der Waals surface area contributed by atoms with Crippen LogP contribution in [0.5, 0.6) is 0 Å². The van der Waals surface area contributed by atoms with Crippen molar-refractivity contribution in [2.75, 3.05) is 6.61 Å². The van der Waals surface area contributed by atoms with Crippen molar-refractivity contribution >= 4 is 5.71 Å². The van der Waals surface area contributed by atoms with Gasteiger partial charge in [-0.1, -0.05) is 6.92 Å². The standard InChI is InChI=1S/C7H12FNO/c1-3-7(9)6(4-10)5(2)8/h9-10H,3-4H2,1-2H3/b6-5+,9-7?. The van der Waals surface area contributed by atoms with Crippen LogP contribution in [0.1, 0.15) is 20.3 Å². The van der Waals surface area contributed by atoms with Crippen LogP contribution in [0, 0.1) is 5.41 Å². The highest BCUT2D eigenvalue weighted by Gasteiger charge is 2.04. The smallest absolute Gasteiger partial charge is 0.104 e. The lowest BCUT2D eigenvalue weighted by molar-refractivity contribution is 0.332. The molecule has 58 valence electrons. The van der Waals surface area contributed by atoms with E-state index in [0.29, 0.717) is 6.42 Å². The molecule has 0 aliphatic rings. The number of halogens is 1. The summed E-state index contributed by atoms with van der Waals surface area (Å²) in [5, 5.41) is 15.7. The fourth-order valence-electron chi connectivity index (χ4n) is 0.626. The minimum Gasteiger partial charge on any atom is -0.392 e. The Hall–Kier alpha value is -0.700. The molecule has 0 aliphatic heterocycles. The molecule has 0 spiro atoms. The molecule has 2 nitrogen and oxygen atoms in total. The lowest BCUT2D eigenvalue weighted by Gasteiger charge is -2.02. The van der Waals surface area contributed by atoms with Gasteiger partial charge in [0, 0.05) is 11.3 Å². The largest absolute Gasteiger partial charge is 0.392 e. The summed E-state index contributed by atoms with van der Waals surface area (Å²) >= 11 is 0. The molecule has 0 rings (SSSR count). The van der Waals surface area contributed by atoms with Gasteiger partial charge in [-0.05, 0) is 13.3 Å². The summed E-state index contributed by atoms with van der Waals surface area (Å²) in [6.45, 7) is 2.62. The van der Waals surface area contributed by atoms with Crippen LogP contribution in [-0.4, -0.2) is 17.4 Å². The molecule has 0 radical (unpaired) electrons. The minimum atomic E-state index is -0.464. The highest BCUT2D eigenvalue weighted by atomic mass is 19.1. The Labute approximate surface area is 59.9 Å². The average molecular weight is 145 g/mol. The lowest BCUT2D eigenvalue weighted by Crippen LogP contribution is -2.05. The maximum Gasteiger partial charge on any atom is 0.104 e. The highest BCUT2D eigenvalue weighted by Crippen LogP contribution is 2.07. The Morgan fingerprint density at radius 1 is 1.60 bits per heavy atom. The molecule has 0 saturated carbocycles. The molecule has 2 N–H and O–H groups in total. The molecule has 0 aliphatic carbocycles. The minimum absolute atomic E-state index is 0.113.